The molecule has 1 aliphatic rings. The molecule has 1 aliphatic heterocycles. The van der Waals surface area contributed by atoms with Gasteiger partial charge in [-0.3, -0.25) is 4.79 Å². The smallest absolute Gasteiger partial charge is 0.255 e. The first kappa shape index (κ1) is 21.9. The molecule has 32 heavy (non-hydrogen) atoms. The van der Waals surface area contributed by atoms with Gasteiger partial charge < -0.3 is 19.4 Å². The zero-order chi connectivity index (χ0) is 22.5. The maximum Gasteiger partial charge on any atom is 0.255 e. The third-order valence-electron chi connectivity index (χ3n) is 5.66. The number of carbonyl (C=O) groups excluding carboxylic acids is 1. The van der Waals surface area contributed by atoms with Crippen molar-refractivity contribution in [3.05, 3.63) is 53.3 Å². The molecule has 2 heterocycles. The van der Waals surface area contributed by atoms with Crippen LogP contribution >= 0.6 is 0 Å². The summed E-state index contributed by atoms with van der Waals surface area (Å²) in [5, 5.41) is 11.9. The van der Waals surface area contributed by atoms with Crippen LogP contribution in [0.1, 0.15) is 54.9 Å². The van der Waals surface area contributed by atoms with Gasteiger partial charge in [-0.05, 0) is 63.4 Å². The first-order valence-electron chi connectivity index (χ1n) is 11.3. The summed E-state index contributed by atoms with van der Waals surface area (Å²) in [6.07, 6.45) is 4.46. The number of hydrogen-bond acceptors (Lipinski definition) is 5. The predicted octanol–water partition coefficient (Wildman–Crippen LogP) is 5.03. The van der Waals surface area contributed by atoms with Crippen molar-refractivity contribution in [3.8, 4) is 22.9 Å². The summed E-state index contributed by atoms with van der Waals surface area (Å²) in [6, 6.07) is 11.3. The number of aryl methyl sites for hydroxylation is 2. The summed E-state index contributed by atoms with van der Waals surface area (Å²) in [6.45, 7) is 7.76. The summed E-state index contributed by atoms with van der Waals surface area (Å²) in [4.78, 5) is 13.0. The molecule has 0 spiro atoms. The molecule has 0 aliphatic carbocycles. The lowest BCUT2D eigenvalue weighted by molar-refractivity contribution is 0.102. The normalized spacial score (nSPS) is 13.2. The van der Waals surface area contributed by atoms with Crippen LogP contribution in [0.5, 0.6) is 11.5 Å². The van der Waals surface area contributed by atoms with Crippen molar-refractivity contribution in [3.63, 3.8) is 0 Å². The van der Waals surface area contributed by atoms with E-state index in [0.29, 0.717) is 30.3 Å². The molecule has 7 nitrogen and oxygen atoms in total. The average Bonchev–Trinajstić information content (AvgIpc) is 3.04. The van der Waals surface area contributed by atoms with Crippen LogP contribution < -0.4 is 14.8 Å². The Balaban J connectivity index is 1.60. The number of aromatic nitrogens is 3. The van der Waals surface area contributed by atoms with E-state index in [2.05, 4.69) is 20.1 Å². The van der Waals surface area contributed by atoms with Crippen molar-refractivity contribution in [1.29, 1.82) is 0 Å². The van der Waals surface area contributed by atoms with Crippen LogP contribution in [-0.4, -0.2) is 33.9 Å². The first-order valence-corrected chi connectivity index (χ1v) is 11.3. The molecule has 0 atom stereocenters. The molecular formula is C25H30N4O3. The minimum atomic E-state index is -0.200. The van der Waals surface area contributed by atoms with E-state index in [4.69, 9.17) is 9.47 Å². The molecule has 0 saturated carbocycles. The molecule has 0 saturated heterocycles. The number of ether oxygens (including phenoxy) is 2. The molecule has 7 heteroatoms. The van der Waals surface area contributed by atoms with Gasteiger partial charge in [-0.2, -0.15) is 0 Å². The number of amides is 1. The summed E-state index contributed by atoms with van der Waals surface area (Å²) < 4.78 is 13.5. The molecule has 2 aromatic carbocycles. The van der Waals surface area contributed by atoms with E-state index >= 15 is 0 Å². The second-order valence-corrected chi connectivity index (χ2v) is 7.91. The number of benzene rings is 2. The Bertz CT molecular complexity index is 1110. The maximum atomic E-state index is 13.0. The fourth-order valence-corrected chi connectivity index (χ4v) is 3.98. The van der Waals surface area contributed by atoms with E-state index < -0.39 is 0 Å². The standard InChI is InChI=1S/C25H30N4O3/c1-4-31-21-13-12-19(16-22(21)32-5-2)25(30)26-20-15-18(11-10-17(20)3)24-28-27-23-9-7-6-8-14-29(23)24/h10-13,15-16H,4-9,14H2,1-3H3,(H,26,30). The van der Waals surface area contributed by atoms with Crippen molar-refractivity contribution in [2.75, 3.05) is 18.5 Å². The van der Waals surface area contributed by atoms with Crippen LogP contribution in [-0.2, 0) is 13.0 Å². The second kappa shape index (κ2) is 9.85. The second-order valence-electron chi connectivity index (χ2n) is 7.91. The SMILES string of the molecule is CCOc1ccc(C(=O)Nc2cc(-c3nnc4n3CCCCC4)ccc2C)cc1OCC. The van der Waals surface area contributed by atoms with Gasteiger partial charge in [-0.15, -0.1) is 10.2 Å². The van der Waals surface area contributed by atoms with Crippen LogP contribution in [0, 0.1) is 6.92 Å². The zero-order valence-corrected chi connectivity index (χ0v) is 19.0. The number of fused-ring (bicyclic) bond motifs is 1. The van der Waals surface area contributed by atoms with E-state index in [9.17, 15) is 4.79 Å². The van der Waals surface area contributed by atoms with Gasteiger partial charge in [0.2, 0.25) is 0 Å². The summed E-state index contributed by atoms with van der Waals surface area (Å²) in [5.74, 6) is 2.91. The molecule has 4 rings (SSSR count). The third kappa shape index (κ3) is 4.61. The highest BCUT2D eigenvalue weighted by Crippen LogP contribution is 2.30. The highest BCUT2D eigenvalue weighted by atomic mass is 16.5. The third-order valence-corrected chi connectivity index (χ3v) is 5.66. The molecule has 1 amide bonds. The van der Waals surface area contributed by atoms with Gasteiger partial charge in [-0.1, -0.05) is 18.6 Å². The predicted molar refractivity (Wildman–Crippen MR) is 124 cm³/mol. The quantitative estimate of drug-likeness (QED) is 0.564. The van der Waals surface area contributed by atoms with Gasteiger partial charge in [0.05, 0.1) is 13.2 Å². The lowest BCUT2D eigenvalue weighted by Crippen LogP contribution is -2.13. The monoisotopic (exact) mass is 434 g/mol. The van der Waals surface area contributed by atoms with Crippen LogP contribution in [0.2, 0.25) is 0 Å². The van der Waals surface area contributed by atoms with Crippen LogP contribution in [0.15, 0.2) is 36.4 Å². The maximum absolute atomic E-state index is 13.0. The van der Waals surface area contributed by atoms with E-state index in [-0.39, 0.29) is 5.91 Å². The van der Waals surface area contributed by atoms with Crippen molar-refractivity contribution in [2.24, 2.45) is 0 Å². The molecule has 0 bridgehead atoms. The van der Waals surface area contributed by atoms with Gasteiger partial charge in [0.25, 0.3) is 5.91 Å². The van der Waals surface area contributed by atoms with Crippen molar-refractivity contribution in [2.45, 2.75) is 53.0 Å². The Morgan fingerprint density at radius 2 is 1.81 bits per heavy atom. The summed E-state index contributed by atoms with van der Waals surface area (Å²) in [7, 11) is 0. The molecule has 168 valence electrons. The van der Waals surface area contributed by atoms with Gasteiger partial charge in [0.1, 0.15) is 5.82 Å². The molecule has 0 radical (unpaired) electrons. The lowest BCUT2D eigenvalue weighted by Gasteiger charge is -2.14. The van der Waals surface area contributed by atoms with Crippen LogP contribution in [0.3, 0.4) is 0 Å². The fourth-order valence-electron chi connectivity index (χ4n) is 3.98. The Kier molecular flexibility index (Phi) is 6.73. The Morgan fingerprint density at radius 1 is 1.00 bits per heavy atom. The number of nitrogens with one attached hydrogen (secondary N) is 1. The molecule has 1 aromatic heterocycles. The molecular weight excluding hydrogens is 404 g/mol. The Labute approximate surface area is 188 Å². The number of nitrogens with zero attached hydrogens (tertiary/aromatic N) is 3. The average molecular weight is 435 g/mol. The molecule has 1 N–H and O–H groups in total. The summed E-state index contributed by atoms with van der Waals surface area (Å²) >= 11 is 0. The van der Waals surface area contributed by atoms with Crippen molar-refractivity contribution >= 4 is 11.6 Å². The minimum absolute atomic E-state index is 0.200. The largest absolute Gasteiger partial charge is 0.490 e. The van der Waals surface area contributed by atoms with Crippen molar-refractivity contribution < 1.29 is 14.3 Å². The van der Waals surface area contributed by atoms with E-state index in [1.165, 1.54) is 6.42 Å². The first-order chi connectivity index (χ1) is 15.6. The molecule has 0 fully saturated rings. The van der Waals surface area contributed by atoms with E-state index in [0.717, 1.165) is 54.3 Å². The number of carbonyl (C=O) groups is 1. The summed E-state index contributed by atoms with van der Waals surface area (Å²) in [5.41, 5.74) is 3.20. The minimum Gasteiger partial charge on any atom is -0.490 e. The Hall–Kier alpha value is -3.35. The van der Waals surface area contributed by atoms with E-state index in [1.54, 1.807) is 18.2 Å². The van der Waals surface area contributed by atoms with Crippen molar-refractivity contribution in [1.82, 2.24) is 14.8 Å². The number of anilines is 1. The number of hydrogen-bond donors (Lipinski definition) is 1. The molecule has 0 unspecified atom stereocenters. The van der Waals surface area contributed by atoms with Gasteiger partial charge in [0, 0.05) is 29.8 Å². The van der Waals surface area contributed by atoms with Crippen LogP contribution in [0.25, 0.3) is 11.4 Å². The topological polar surface area (TPSA) is 78.3 Å². The Morgan fingerprint density at radius 3 is 2.62 bits per heavy atom. The van der Waals surface area contributed by atoms with Gasteiger partial charge >= 0.3 is 0 Å². The zero-order valence-electron chi connectivity index (χ0n) is 19.0. The fraction of sp³-hybridized carbons (Fsp3) is 0.400. The van der Waals surface area contributed by atoms with Gasteiger partial charge in [-0.25, -0.2) is 0 Å². The van der Waals surface area contributed by atoms with Crippen LogP contribution in [0.4, 0.5) is 5.69 Å². The van der Waals surface area contributed by atoms with E-state index in [1.807, 2.05) is 39.0 Å². The lowest BCUT2D eigenvalue weighted by atomic mass is 10.1. The highest BCUT2D eigenvalue weighted by molar-refractivity contribution is 6.05. The number of rotatable bonds is 7. The molecule has 3 aromatic rings. The highest BCUT2D eigenvalue weighted by Gasteiger charge is 2.18. The van der Waals surface area contributed by atoms with Gasteiger partial charge in [0.15, 0.2) is 17.3 Å².